The molecule has 0 bridgehead atoms. The van der Waals surface area contributed by atoms with Crippen molar-refractivity contribution in [3.05, 3.63) is 222 Å². The standard InChI is InChI=1S/C51H32N4O/c52-33-34-23-25-37(26-24-34)49-53-48(36-14-4-1-5-15-36)54-50(55-49)40-17-12-16-38(31-40)39-28-29-44-46(32-39)56-47-43-22-11-10-13-35(43)27-30-45(47)51(44,41-18-6-2-7-19-41)42-20-8-3-9-21-42/h1-32H. The van der Waals surface area contributed by atoms with Gasteiger partial charge in [-0.05, 0) is 64.0 Å². The van der Waals surface area contributed by atoms with E-state index in [-0.39, 0.29) is 0 Å². The van der Waals surface area contributed by atoms with Crippen LogP contribution in [-0.4, -0.2) is 15.0 Å². The Morgan fingerprint density at radius 3 is 1.62 bits per heavy atom. The Labute approximate surface area is 324 Å². The molecular formula is C51H32N4O. The van der Waals surface area contributed by atoms with Gasteiger partial charge in [-0.1, -0.05) is 158 Å². The molecule has 1 aliphatic rings. The summed E-state index contributed by atoms with van der Waals surface area (Å²) in [7, 11) is 0. The van der Waals surface area contributed by atoms with Crippen molar-refractivity contribution in [1.29, 1.82) is 5.26 Å². The van der Waals surface area contributed by atoms with Crippen LogP contribution >= 0.6 is 0 Å². The van der Waals surface area contributed by atoms with Gasteiger partial charge in [0.2, 0.25) is 0 Å². The SMILES string of the molecule is N#Cc1ccc(-c2nc(-c3ccccc3)nc(-c3cccc(-c4ccc5c(c4)Oc4c(ccc6ccccc46)C5(c4ccccc4)c4ccccc4)c3)n2)cc1. The molecule has 56 heavy (non-hydrogen) atoms. The zero-order valence-electron chi connectivity index (χ0n) is 30.2. The van der Waals surface area contributed by atoms with Crippen LogP contribution in [0.15, 0.2) is 194 Å². The van der Waals surface area contributed by atoms with Gasteiger partial charge in [0.25, 0.3) is 0 Å². The van der Waals surface area contributed by atoms with Gasteiger partial charge >= 0.3 is 0 Å². The Bertz CT molecular complexity index is 2900. The number of fused-ring (bicyclic) bond motifs is 4. The Kier molecular flexibility index (Phi) is 8.01. The number of ether oxygens (including phenoxy) is 1. The second-order valence-corrected chi connectivity index (χ2v) is 13.9. The van der Waals surface area contributed by atoms with Gasteiger partial charge in [-0.2, -0.15) is 5.26 Å². The average Bonchev–Trinajstić information content (AvgIpc) is 3.29. The molecule has 1 aromatic heterocycles. The van der Waals surface area contributed by atoms with Crippen LogP contribution in [0.25, 0.3) is 56.1 Å². The first kappa shape index (κ1) is 32.9. The molecule has 0 N–H and O–H groups in total. The highest BCUT2D eigenvalue weighted by molar-refractivity contribution is 5.93. The maximum Gasteiger partial charge on any atom is 0.164 e. The van der Waals surface area contributed by atoms with Gasteiger partial charge in [-0.15, -0.1) is 0 Å². The average molecular weight is 717 g/mol. The maximum atomic E-state index is 9.39. The van der Waals surface area contributed by atoms with E-state index in [0.717, 1.165) is 61.2 Å². The summed E-state index contributed by atoms with van der Waals surface area (Å²) in [4.78, 5) is 14.8. The molecule has 262 valence electrons. The summed E-state index contributed by atoms with van der Waals surface area (Å²) in [5.41, 5.74) is 9.04. The number of hydrogen-bond donors (Lipinski definition) is 0. The van der Waals surface area contributed by atoms with E-state index in [4.69, 9.17) is 19.7 Å². The Balaban J connectivity index is 1.14. The number of benzene rings is 8. The van der Waals surface area contributed by atoms with E-state index in [0.29, 0.717) is 23.0 Å². The highest BCUT2D eigenvalue weighted by Gasteiger charge is 2.45. The Hall–Kier alpha value is -7.68. The monoisotopic (exact) mass is 716 g/mol. The van der Waals surface area contributed by atoms with Crippen LogP contribution in [-0.2, 0) is 5.41 Å². The van der Waals surface area contributed by atoms with E-state index in [1.807, 2.05) is 54.6 Å². The second kappa shape index (κ2) is 13.6. The number of hydrogen-bond acceptors (Lipinski definition) is 5. The van der Waals surface area contributed by atoms with Crippen molar-refractivity contribution in [2.24, 2.45) is 0 Å². The number of rotatable bonds is 6. The molecule has 9 aromatic rings. The lowest BCUT2D eigenvalue weighted by Crippen LogP contribution is -2.34. The van der Waals surface area contributed by atoms with E-state index < -0.39 is 5.41 Å². The predicted octanol–water partition coefficient (Wildman–Crippen LogP) is 12.1. The summed E-state index contributed by atoms with van der Waals surface area (Å²) in [6.45, 7) is 0. The summed E-state index contributed by atoms with van der Waals surface area (Å²) in [6, 6.07) is 68.7. The van der Waals surface area contributed by atoms with Gasteiger partial charge < -0.3 is 4.74 Å². The lowest BCUT2D eigenvalue weighted by atomic mass is 9.63. The van der Waals surface area contributed by atoms with Gasteiger partial charge in [-0.25, -0.2) is 15.0 Å². The van der Waals surface area contributed by atoms with Gasteiger partial charge in [0.15, 0.2) is 17.5 Å². The Morgan fingerprint density at radius 2 is 0.946 bits per heavy atom. The van der Waals surface area contributed by atoms with Crippen molar-refractivity contribution in [3.63, 3.8) is 0 Å². The van der Waals surface area contributed by atoms with Crippen LogP contribution in [0.1, 0.15) is 27.8 Å². The fourth-order valence-electron chi connectivity index (χ4n) is 8.05. The molecule has 5 nitrogen and oxygen atoms in total. The number of nitriles is 1. The topological polar surface area (TPSA) is 71.7 Å². The Morgan fingerprint density at radius 1 is 0.429 bits per heavy atom. The predicted molar refractivity (Wildman–Crippen MR) is 222 cm³/mol. The highest BCUT2D eigenvalue weighted by atomic mass is 16.5. The second-order valence-electron chi connectivity index (χ2n) is 13.9. The molecule has 2 heterocycles. The van der Waals surface area contributed by atoms with E-state index in [2.05, 4.69) is 133 Å². The highest BCUT2D eigenvalue weighted by Crippen LogP contribution is 2.57. The third kappa shape index (κ3) is 5.52. The molecule has 0 saturated heterocycles. The van der Waals surface area contributed by atoms with Gasteiger partial charge in [-0.3, -0.25) is 0 Å². The molecule has 0 unspecified atom stereocenters. The molecule has 0 fully saturated rings. The molecule has 5 heteroatoms. The van der Waals surface area contributed by atoms with Crippen molar-refractivity contribution in [2.45, 2.75) is 5.41 Å². The summed E-state index contributed by atoms with van der Waals surface area (Å²) in [5, 5.41) is 11.6. The summed E-state index contributed by atoms with van der Waals surface area (Å²) in [6.07, 6.45) is 0. The molecule has 0 radical (unpaired) electrons. The summed E-state index contributed by atoms with van der Waals surface area (Å²) in [5.74, 6) is 3.34. The number of nitrogens with zero attached hydrogens (tertiary/aromatic N) is 4. The maximum absolute atomic E-state index is 9.39. The van der Waals surface area contributed by atoms with E-state index in [1.54, 1.807) is 12.1 Å². The minimum atomic E-state index is -0.629. The number of aromatic nitrogens is 3. The first-order chi connectivity index (χ1) is 27.7. The molecule has 0 amide bonds. The van der Waals surface area contributed by atoms with Crippen molar-refractivity contribution in [2.75, 3.05) is 0 Å². The van der Waals surface area contributed by atoms with Gasteiger partial charge in [0.05, 0.1) is 17.0 Å². The smallest absolute Gasteiger partial charge is 0.164 e. The minimum Gasteiger partial charge on any atom is -0.456 e. The van der Waals surface area contributed by atoms with Crippen molar-refractivity contribution in [1.82, 2.24) is 15.0 Å². The van der Waals surface area contributed by atoms with Crippen LogP contribution in [0.2, 0.25) is 0 Å². The zero-order valence-corrected chi connectivity index (χ0v) is 30.2. The molecular weight excluding hydrogens is 685 g/mol. The molecule has 10 rings (SSSR count). The third-order valence-corrected chi connectivity index (χ3v) is 10.7. The van der Waals surface area contributed by atoms with Crippen LogP contribution in [0.5, 0.6) is 11.5 Å². The lowest BCUT2D eigenvalue weighted by Gasteiger charge is -2.42. The summed E-state index contributed by atoms with van der Waals surface area (Å²) < 4.78 is 7.06. The quantitative estimate of drug-likeness (QED) is 0.171. The molecule has 8 aromatic carbocycles. The van der Waals surface area contributed by atoms with Gasteiger partial charge in [0, 0.05) is 33.2 Å². The molecule has 0 saturated carbocycles. The zero-order chi connectivity index (χ0) is 37.5. The minimum absolute atomic E-state index is 0.537. The fourth-order valence-corrected chi connectivity index (χ4v) is 8.05. The van der Waals surface area contributed by atoms with Crippen LogP contribution < -0.4 is 4.74 Å². The molecule has 0 aliphatic carbocycles. The largest absolute Gasteiger partial charge is 0.456 e. The molecule has 0 spiro atoms. The summed E-state index contributed by atoms with van der Waals surface area (Å²) >= 11 is 0. The van der Waals surface area contributed by atoms with E-state index >= 15 is 0 Å². The first-order valence-corrected chi connectivity index (χ1v) is 18.6. The van der Waals surface area contributed by atoms with E-state index in [9.17, 15) is 5.26 Å². The first-order valence-electron chi connectivity index (χ1n) is 18.6. The van der Waals surface area contributed by atoms with Gasteiger partial charge in [0.1, 0.15) is 11.5 Å². The van der Waals surface area contributed by atoms with Crippen LogP contribution in [0.4, 0.5) is 0 Å². The lowest BCUT2D eigenvalue weighted by molar-refractivity contribution is 0.440. The normalized spacial score (nSPS) is 12.6. The fraction of sp³-hybridized carbons (Fsp3) is 0.0196. The van der Waals surface area contributed by atoms with Crippen molar-refractivity contribution < 1.29 is 4.74 Å². The van der Waals surface area contributed by atoms with Crippen molar-refractivity contribution >= 4 is 10.8 Å². The van der Waals surface area contributed by atoms with Crippen molar-refractivity contribution in [3.8, 4) is 62.9 Å². The molecule has 0 atom stereocenters. The van der Waals surface area contributed by atoms with Crippen LogP contribution in [0, 0.1) is 11.3 Å². The molecule has 1 aliphatic heterocycles. The van der Waals surface area contributed by atoms with E-state index in [1.165, 1.54) is 11.1 Å². The third-order valence-electron chi connectivity index (χ3n) is 10.7. The van der Waals surface area contributed by atoms with Crippen LogP contribution in [0.3, 0.4) is 0 Å².